The molecule has 0 aliphatic rings. The van der Waals surface area contributed by atoms with Crippen molar-refractivity contribution in [3.05, 3.63) is 99.6 Å². The highest BCUT2D eigenvalue weighted by atomic mass is 32.2. The molecule has 1 N–H and O–H groups in total. The molecule has 0 spiro atoms. The summed E-state index contributed by atoms with van der Waals surface area (Å²) in [7, 11) is -4.43. The number of non-ortho nitro benzene ring substituents is 1. The normalized spacial score (nSPS) is 11.3. The van der Waals surface area contributed by atoms with Crippen LogP contribution in [-0.2, 0) is 14.9 Å². The smallest absolute Gasteiger partial charge is 0.339 e. The molecule has 166 valence electrons. The molecule has 33 heavy (non-hydrogen) atoms. The molecule has 0 heterocycles. The summed E-state index contributed by atoms with van der Waals surface area (Å²) in [4.78, 5) is 22.4. The average Bonchev–Trinajstić information content (AvgIpc) is 2.79. The first-order valence-electron chi connectivity index (χ1n) is 9.48. The van der Waals surface area contributed by atoms with E-state index in [1.165, 1.54) is 30.3 Å². The van der Waals surface area contributed by atoms with Crippen LogP contribution in [0.2, 0.25) is 0 Å². The maximum Gasteiger partial charge on any atom is 0.339 e. The van der Waals surface area contributed by atoms with Gasteiger partial charge in [0, 0.05) is 23.4 Å². The van der Waals surface area contributed by atoms with Crippen LogP contribution in [0.1, 0.15) is 11.1 Å². The Labute approximate surface area is 189 Å². The van der Waals surface area contributed by atoms with Crippen LogP contribution < -0.4 is 9.50 Å². The van der Waals surface area contributed by atoms with Gasteiger partial charge in [-0.2, -0.15) is 13.7 Å². The van der Waals surface area contributed by atoms with Gasteiger partial charge in [0.2, 0.25) is 0 Å². The van der Waals surface area contributed by atoms with Gasteiger partial charge in [0.25, 0.3) is 11.6 Å². The second kappa shape index (κ2) is 9.76. The van der Waals surface area contributed by atoms with Crippen molar-refractivity contribution in [2.75, 3.05) is 5.32 Å². The lowest BCUT2D eigenvalue weighted by Gasteiger charge is -2.10. The number of amides is 1. The number of hydrogen-bond acceptors (Lipinski definition) is 7. The molecule has 3 rings (SSSR count). The second-order valence-corrected chi connectivity index (χ2v) is 8.31. The van der Waals surface area contributed by atoms with E-state index in [9.17, 15) is 28.6 Å². The van der Waals surface area contributed by atoms with E-state index in [0.29, 0.717) is 5.69 Å². The molecule has 0 fully saturated rings. The van der Waals surface area contributed by atoms with E-state index in [-0.39, 0.29) is 16.9 Å². The number of nitrogens with zero attached hydrogens (tertiary/aromatic N) is 2. The van der Waals surface area contributed by atoms with Crippen LogP contribution in [0.3, 0.4) is 0 Å². The Morgan fingerprint density at radius 1 is 1.09 bits per heavy atom. The van der Waals surface area contributed by atoms with Crippen molar-refractivity contribution in [3.63, 3.8) is 0 Å². The van der Waals surface area contributed by atoms with Gasteiger partial charge < -0.3 is 9.50 Å². The number of anilines is 1. The first kappa shape index (κ1) is 23.2. The molecule has 0 bridgehead atoms. The van der Waals surface area contributed by atoms with Crippen molar-refractivity contribution < 1.29 is 22.3 Å². The SMILES string of the molecule is Cc1ccccc1NC(=O)/C(C#N)=C/c1ccccc1OS(=O)(=O)c1cccc([N+](=O)[O-])c1. The van der Waals surface area contributed by atoms with Crippen LogP contribution in [-0.4, -0.2) is 19.2 Å². The number of nitro groups is 1. The van der Waals surface area contributed by atoms with E-state index in [1.807, 2.05) is 0 Å². The van der Waals surface area contributed by atoms with Crippen molar-refractivity contribution in [1.82, 2.24) is 0 Å². The summed E-state index contributed by atoms with van der Waals surface area (Å²) in [5, 5.41) is 23.1. The summed E-state index contributed by atoms with van der Waals surface area (Å²) in [6, 6.07) is 19.1. The number of nitro benzene ring substituents is 1. The van der Waals surface area contributed by atoms with Gasteiger partial charge in [-0.25, -0.2) is 0 Å². The fraction of sp³-hybridized carbons (Fsp3) is 0.0435. The Balaban J connectivity index is 1.92. The summed E-state index contributed by atoms with van der Waals surface area (Å²) in [6.07, 6.45) is 1.20. The Hall–Kier alpha value is -4.49. The number of aryl methyl sites for hydroxylation is 1. The second-order valence-electron chi connectivity index (χ2n) is 6.77. The van der Waals surface area contributed by atoms with Gasteiger partial charge in [-0.15, -0.1) is 0 Å². The molecule has 3 aromatic rings. The van der Waals surface area contributed by atoms with Gasteiger partial charge >= 0.3 is 10.1 Å². The Bertz CT molecular complexity index is 1410. The molecule has 0 aliphatic heterocycles. The van der Waals surface area contributed by atoms with Gasteiger partial charge in [-0.3, -0.25) is 14.9 Å². The summed E-state index contributed by atoms with van der Waals surface area (Å²) in [5.74, 6) is -0.830. The molecule has 0 saturated carbocycles. The van der Waals surface area contributed by atoms with Crippen LogP contribution >= 0.6 is 0 Å². The van der Waals surface area contributed by atoms with Crippen LogP contribution in [0.5, 0.6) is 5.75 Å². The molecule has 0 atom stereocenters. The third kappa shape index (κ3) is 5.61. The molecular formula is C23H17N3O6S. The van der Waals surface area contributed by atoms with Crippen LogP contribution in [0.4, 0.5) is 11.4 Å². The molecule has 0 aromatic heterocycles. The zero-order chi connectivity index (χ0) is 24.0. The average molecular weight is 463 g/mol. The van der Waals surface area contributed by atoms with Gasteiger partial charge in [0.05, 0.1) is 4.92 Å². The topological polar surface area (TPSA) is 139 Å². The van der Waals surface area contributed by atoms with E-state index in [0.717, 1.165) is 23.8 Å². The monoisotopic (exact) mass is 463 g/mol. The van der Waals surface area contributed by atoms with Gasteiger partial charge in [0.1, 0.15) is 22.3 Å². The zero-order valence-electron chi connectivity index (χ0n) is 17.3. The Kier molecular flexibility index (Phi) is 6.85. The fourth-order valence-electron chi connectivity index (χ4n) is 2.80. The molecule has 9 nitrogen and oxygen atoms in total. The first-order valence-corrected chi connectivity index (χ1v) is 10.9. The standard InChI is InChI=1S/C23H17N3O6S/c1-16-7-2-4-11-21(16)25-23(27)18(15-24)13-17-8-3-5-12-22(17)32-33(30,31)20-10-6-9-19(14-20)26(28)29/h2-14H,1H3,(H,25,27)/b18-13+. The first-order chi connectivity index (χ1) is 15.7. The minimum atomic E-state index is -4.43. The predicted molar refractivity (Wildman–Crippen MR) is 121 cm³/mol. The number of nitrogens with one attached hydrogen (secondary N) is 1. The molecule has 1 amide bonds. The van der Waals surface area contributed by atoms with Gasteiger partial charge in [0.15, 0.2) is 0 Å². The largest absolute Gasteiger partial charge is 0.378 e. The number of para-hydroxylation sites is 2. The minimum Gasteiger partial charge on any atom is -0.378 e. The minimum absolute atomic E-state index is 0.152. The molecular weight excluding hydrogens is 446 g/mol. The highest BCUT2D eigenvalue weighted by Gasteiger charge is 2.21. The third-order valence-corrected chi connectivity index (χ3v) is 5.72. The van der Waals surface area contributed by atoms with E-state index < -0.39 is 31.5 Å². The molecule has 0 radical (unpaired) electrons. The number of benzene rings is 3. The van der Waals surface area contributed by atoms with Gasteiger partial charge in [-0.1, -0.05) is 42.5 Å². The lowest BCUT2D eigenvalue weighted by Crippen LogP contribution is -2.14. The molecule has 0 saturated heterocycles. The van der Waals surface area contributed by atoms with Crippen molar-refractivity contribution in [1.29, 1.82) is 5.26 Å². The van der Waals surface area contributed by atoms with Crippen LogP contribution in [0.15, 0.2) is 83.3 Å². The van der Waals surface area contributed by atoms with Crippen LogP contribution in [0.25, 0.3) is 6.08 Å². The fourth-order valence-corrected chi connectivity index (χ4v) is 3.80. The van der Waals surface area contributed by atoms with Crippen molar-refractivity contribution in [2.45, 2.75) is 11.8 Å². The summed E-state index contributed by atoms with van der Waals surface area (Å²) >= 11 is 0. The summed E-state index contributed by atoms with van der Waals surface area (Å²) in [6.45, 7) is 1.80. The maximum absolute atomic E-state index is 12.7. The van der Waals surface area contributed by atoms with E-state index in [4.69, 9.17) is 4.18 Å². The summed E-state index contributed by atoms with van der Waals surface area (Å²) in [5.41, 5.74) is 0.800. The number of hydrogen-bond donors (Lipinski definition) is 1. The number of carbonyl (C=O) groups excluding carboxylic acids is 1. The Morgan fingerprint density at radius 3 is 2.48 bits per heavy atom. The van der Waals surface area contributed by atoms with Crippen molar-refractivity contribution >= 4 is 33.5 Å². The quantitative estimate of drug-likeness (QED) is 0.182. The number of nitriles is 1. The molecule has 10 heteroatoms. The predicted octanol–water partition coefficient (Wildman–Crippen LogP) is 4.22. The highest BCUT2D eigenvalue weighted by molar-refractivity contribution is 7.87. The van der Waals surface area contributed by atoms with E-state index >= 15 is 0 Å². The highest BCUT2D eigenvalue weighted by Crippen LogP contribution is 2.27. The number of carbonyl (C=O) groups is 1. The zero-order valence-corrected chi connectivity index (χ0v) is 18.1. The summed E-state index contributed by atoms with van der Waals surface area (Å²) < 4.78 is 30.6. The molecule has 0 aliphatic carbocycles. The maximum atomic E-state index is 12.7. The lowest BCUT2D eigenvalue weighted by molar-refractivity contribution is -0.385. The van der Waals surface area contributed by atoms with Crippen molar-refractivity contribution in [3.8, 4) is 11.8 Å². The lowest BCUT2D eigenvalue weighted by atomic mass is 10.1. The number of rotatable bonds is 7. The van der Waals surface area contributed by atoms with E-state index in [1.54, 1.807) is 43.3 Å². The van der Waals surface area contributed by atoms with Crippen molar-refractivity contribution in [2.24, 2.45) is 0 Å². The third-order valence-electron chi connectivity index (χ3n) is 4.49. The van der Waals surface area contributed by atoms with E-state index in [2.05, 4.69) is 5.32 Å². The van der Waals surface area contributed by atoms with Gasteiger partial charge in [-0.05, 0) is 36.8 Å². The Morgan fingerprint density at radius 2 is 1.79 bits per heavy atom. The van der Waals surface area contributed by atoms with Crippen LogP contribution in [0, 0.1) is 28.4 Å². The molecule has 0 unspecified atom stereocenters. The molecule has 3 aromatic carbocycles.